The molecule has 3 nitrogen and oxygen atoms in total. The second-order valence-corrected chi connectivity index (χ2v) is 6.71. The van der Waals surface area contributed by atoms with E-state index in [4.69, 9.17) is 0 Å². The predicted molar refractivity (Wildman–Crippen MR) is 73.5 cm³/mol. The number of thiazole rings is 1. The van der Waals surface area contributed by atoms with Crippen LogP contribution in [0.5, 0.6) is 0 Å². The summed E-state index contributed by atoms with van der Waals surface area (Å²) in [5.41, 5.74) is 0.765. The summed E-state index contributed by atoms with van der Waals surface area (Å²) in [6, 6.07) is 0. The molecule has 0 spiro atoms. The standard InChI is InChI=1S/C14H21NO2S/c1-8(2)11-12(14(16)17)18-13(15-11)10-6-4-9(3)5-7-10/h8-10H,4-7H2,1-3H3,(H,16,17). The van der Waals surface area contributed by atoms with Gasteiger partial charge < -0.3 is 5.11 Å². The normalized spacial score (nSPS) is 24.4. The highest BCUT2D eigenvalue weighted by Gasteiger charge is 2.26. The van der Waals surface area contributed by atoms with Crippen molar-refractivity contribution in [2.45, 2.75) is 58.3 Å². The van der Waals surface area contributed by atoms with E-state index in [0.717, 1.165) is 29.5 Å². The zero-order valence-electron chi connectivity index (χ0n) is 11.3. The van der Waals surface area contributed by atoms with Crippen molar-refractivity contribution in [3.8, 4) is 0 Å². The molecule has 0 aliphatic heterocycles. The maximum atomic E-state index is 11.2. The lowest BCUT2D eigenvalue weighted by Crippen LogP contribution is -2.10. The van der Waals surface area contributed by atoms with Crippen LogP contribution in [-0.4, -0.2) is 16.1 Å². The Labute approximate surface area is 112 Å². The van der Waals surface area contributed by atoms with Gasteiger partial charge in [-0.05, 0) is 24.7 Å². The summed E-state index contributed by atoms with van der Waals surface area (Å²) in [7, 11) is 0. The largest absolute Gasteiger partial charge is 0.477 e. The van der Waals surface area contributed by atoms with Gasteiger partial charge in [0.1, 0.15) is 4.88 Å². The number of nitrogens with zero attached hydrogens (tertiary/aromatic N) is 1. The van der Waals surface area contributed by atoms with Crippen LogP contribution in [0.2, 0.25) is 0 Å². The number of carboxylic acid groups (broad SMARTS) is 1. The van der Waals surface area contributed by atoms with Crippen molar-refractivity contribution in [2.24, 2.45) is 5.92 Å². The smallest absolute Gasteiger partial charge is 0.347 e. The van der Waals surface area contributed by atoms with Gasteiger partial charge in [0.2, 0.25) is 0 Å². The molecule has 0 amide bonds. The Balaban J connectivity index is 2.24. The Morgan fingerprint density at radius 1 is 1.33 bits per heavy atom. The molecule has 100 valence electrons. The Kier molecular flexibility index (Phi) is 4.05. The second kappa shape index (κ2) is 5.39. The molecule has 0 saturated heterocycles. The maximum absolute atomic E-state index is 11.2. The molecule has 1 fully saturated rings. The van der Waals surface area contributed by atoms with E-state index >= 15 is 0 Å². The first-order chi connectivity index (χ1) is 8.49. The third kappa shape index (κ3) is 2.74. The summed E-state index contributed by atoms with van der Waals surface area (Å²) in [5, 5.41) is 10.3. The first kappa shape index (κ1) is 13.5. The molecule has 0 bridgehead atoms. The van der Waals surface area contributed by atoms with Gasteiger partial charge in [-0.2, -0.15) is 0 Å². The number of aromatic nitrogens is 1. The van der Waals surface area contributed by atoms with Crippen molar-refractivity contribution in [2.75, 3.05) is 0 Å². The molecule has 0 radical (unpaired) electrons. The Hall–Kier alpha value is -0.900. The zero-order valence-corrected chi connectivity index (χ0v) is 12.1. The molecule has 1 N–H and O–H groups in total. The molecule has 1 saturated carbocycles. The average Bonchev–Trinajstić information content (AvgIpc) is 2.75. The molecular formula is C14H21NO2S. The van der Waals surface area contributed by atoms with E-state index in [0.29, 0.717) is 10.8 Å². The lowest BCUT2D eigenvalue weighted by molar-refractivity contribution is 0.0700. The summed E-state index contributed by atoms with van der Waals surface area (Å²) >= 11 is 1.39. The highest BCUT2D eigenvalue weighted by molar-refractivity contribution is 7.13. The fraction of sp³-hybridized carbons (Fsp3) is 0.714. The molecule has 1 aromatic heterocycles. The summed E-state index contributed by atoms with van der Waals surface area (Å²) in [5.74, 6) is 0.650. The van der Waals surface area contributed by atoms with E-state index in [1.54, 1.807) is 0 Å². The van der Waals surface area contributed by atoms with Crippen LogP contribution in [0.1, 0.15) is 78.7 Å². The molecule has 0 aromatic carbocycles. The first-order valence-corrected chi connectivity index (χ1v) is 7.54. The molecular weight excluding hydrogens is 246 g/mol. The quantitative estimate of drug-likeness (QED) is 0.890. The van der Waals surface area contributed by atoms with Crippen LogP contribution < -0.4 is 0 Å². The highest BCUT2D eigenvalue weighted by Crippen LogP contribution is 2.39. The van der Waals surface area contributed by atoms with Gasteiger partial charge in [-0.15, -0.1) is 11.3 Å². The van der Waals surface area contributed by atoms with E-state index in [-0.39, 0.29) is 5.92 Å². The Morgan fingerprint density at radius 3 is 2.39 bits per heavy atom. The first-order valence-electron chi connectivity index (χ1n) is 6.73. The van der Waals surface area contributed by atoms with Gasteiger partial charge in [-0.25, -0.2) is 9.78 Å². The highest BCUT2D eigenvalue weighted by atomic mass is 32.1. The summed E-state index contributed by atoms with van der Waals surface area (Å²) in [6.45, 7) is 6.31. The zero-order chi connectivity index (χ0) is 13.3. The Bertz CT molecular complexity index is 431. The molecule has 1 heterocycles. The average molecular weight is 267 g/mol. The van der Waals surface area contributed by atoms with Gasteiger partial charge in [0.05, 0.1) is 10.7 Å². The molecule has 4 heteroatoms. The fourth-order valence-electron chi connectivity index (χ4n) is 2.58. The number of hydrogen-bond donors (Lipinski definition) is 1. The lowest BCUT2D eigenvalue weighted by Gasteiger charge is -2.24. The number of aromatic carboxylic acids is 1. The van der Waals surface area contributed by atoms with Crippen LogP contribution in [0.3, 0.4) is 0 Å². The van der Waals surface area contributed by atoms with E-state index in [1.807, 2.05) is 13.8 Å². The minimum atomic E-state index is -0.827. The minimum absolute atomic E-state index is 0.184. The molecule has 0 atom stereocenters. The summed E-state index contributed by atoms with van der Waals surface area (Å²) in [6.07, 6.45) is 4.80. The van der Waals surface area contributed by atoms with Crippen LogP contribution in [0.15, 0.2) is 0 Å². The molecule has 18 heavy (non-hydrogen) atoms. The summed E-state index contributed by atoms with van der Waals surface area (Å²) in [4.78, 5) is 16.3. The van der Waals surface area contributed by atoms with E-state index in [2.05, 4.69) is 11.9 Å². The molecule has 1 aliphatic carbocycles. The molecule has 1 aromatic rings. The van der Waals surface area contributed by atoms with Crippen molar-refractivity contribution in [3.05, 3.63) is 15.6 Å². The van der Waals surface area contributed by atoms with Crippen LogP contribution in [0.4, 0.5) is 0 Å². The maximum Gasteiger partial charge on any atom is 0.347 e. The van der Waals surface area contributed by atoms with Gasteiger partial charge in [0.15, 0.2) is 0 Å². The van der Waals surface area contributed by atoms with E-state index in [9.17, 15) is 9.90 Å². The number of hydrogen-bond acceptors (Lipinski definition) is 3. The predicted octanol–water partition coefficient (Wildman–Crippen LogP) is 4.26. The molecule has 1 aliphatic rings. The number of carbonyl (C=O) groups is 1. The van der Waals surface area contributed by atoms with E-state index < -0.39 is 5.97 Å². The van der Waals surface area contributed by atoms with Crippen molar-refractivity contribution in [1.29, 1.82) is 0 Å². The lowest BCUT2D eigenvalue weighted by atomic mass is 9.83. The third-order valence-electron chi connectivity index (χ3n) is 3.78. The van der Waals surface area contributed by atoms with Crippen LogP contribution in [0, 0.1) is 5.92 Å². The van der Waals surface area contributed by atoms with E-state index in [1.165, 1.54) is 24.2 Å². The molecule has 0 unspecified atom stereocenters. The van der Waals surface area contributed by atoms with Gasteiger partial charge >= 0.3 is 5.97 Å². The van der Waals surface area contributed by atoms with Gasteiger partial charge in [-0.3, -0.25) is 0 Å². The van der Waals surface area contributed by atoms with Crippen LogP contribution in [-0.2, 0) is 0 Å². The van der Waals surface area contributed by atoms with Gasteiger partial charge in [0, 0.05) is 5.92 Å². The topological polar surface area (TPSA) is 50.2 Å². The van der Waals surface area contributed by atoms with Gasteiger partial charge in [-0.1, -0.05) is 33.6 Å². The monoisotopic (exact) mass is 267 g/mol. The van der Waals surface area contributed by atoms with Gasteiger partial charge in [0.25, 0.3) is 0 Å². The number of carboxylic acids is 1. The minimum Gasteiger partial charge on any atom is -0.477 e. The second-order valence-electron chi connectivity index (χ2n) is 5.68. The van der Waals surface area contributed by atoms with Crippen molar-refractivity contribution in [3.63, 3.8) is 0 Å². The summed E-state index contributed by atoms with van der Waals surface area (Å²) < 4.78 is 0. The van der Waals surface area contributed by atoms with Crippen molar-refractivity contribution >= 4 is 17.3 Å². The van der Waals surface area contributed by atoms with Crippen LogP contribution in [0.25, 0.3) is 0 Å². The fourth-order valence-corrected chi connectivity index (χ4v) is 3.80. The van der Waals surface area contributed by atoms with Crippen molar-refractivity contribution < 1.29 is 9.90 Å². The number of rotatable bonds is 3. The molecule has 2 rings (SSSR count). The SMILES string of the molecule is CC1CCC(c2nc(C(C)C)c(C(=O)O)s2)CC1. The third-order valence-corrected chi connectivity index (χ3v) is 5.00. The van der Waals surface area contributed by atoms with Crippen molar-refractivity contribution in [1.82, 2.24) is 4.98 Å². The van der Waals surface area contributed by atoms with Crippen LogP contribution >= 0.6 is 11.3 Å². The Morgan fingerprint density at radius 2 is 1.94 bits per heavy atom.